The molecular formula is C20H26ClIN4O3. The van der Waals surface area contributed by atoms with Crippen molar-refractivity contribution in [2.75, 3.05) is 45.9 Å². The summed E-state index contributed by atoms with van der Waals surface area (Å²) in [6, 6.07) is 10.8. The number of furan rings is 1. The monoisotopic (exact) mass is 532 g/mol. The van der Waals surface area contributed by atoms with Crippen LogP contribution in [0.3, 0.4) is 0 Å². The van der Waals surface area contributed by atoms with Crippen LogP contribution in [0, 0.1) is 0 Å². The zero-order valence-corrected chi connectivity index (χ0v) is 19.4. The van der Waals surface area contributed by atoms with Gasteiger partial charge in [0.2, 0.25) is 0 Å². The first-order chi connectivity index (χ1) is 13.7. The highest BCUT2D eigenvalue weighted by Gasteiger charge is 2.25. The molecule has 0 spiro atoms. The van der Waals surface area contributed by atoms with E-state index in [0.29, 0.717) is 55.9 Å². The van der Waals surface area contributed by atoms with Crippen LogP contribution in [0.15, 0.2) is 52.1 Å². The van der Waals surface area contributed by atoms with E-state index < -0.39 is 0 Å². The second kappa shape index (κ2) is 11.9. The lowest BCUT2D eigenvalue weighted by atomic mass is 10.3. The molecule has 1 aromatic carbocycles. The fourth-order valence-corrected chi connectivity index (χ4v) is 3.16. The number of guanidine groups is 1. The van der Waals surface area contributed by atoms with Gasteiger partial charge in [0.25, 0.3) is 5.91 Å². The van der Waals surface area contributed by atoms with Gasteiger partial charge in [0.15, 0.2) is 11.7 Å². The van der Waals surface area contributed by atoms with Crippen molar-refractivity contribution in [2.45, 2.75) is 6.92 Å². The van der Waals surface area contributed by atoms with Crippen LogP contribution in [-0.2, 0) is 0 Å². The van der Waals surface area contributed by atoms with Crippen LogP contribution in [0.2, 0.25) is 5.02 Å². The molecule has 1 N–H and O–H groups in total. The average Bonchev–Trinajstić information content (AvgIpc) is 3.26. The molecule has 2 aromatic rings. The highest BCUT2D eigenvalue weighted by molar-refractivity contribution is 14.0. The van der Waals surface area contributed by atoms with Gasteiger partial charge >= 0.3 is 0 Å². The Kier molecular flexibility index (Phi) is 9.59. The maximum absolute atomic E-state index is 12.4. The number of hydrogen-bond acceptors (Lipinski definition) is 4. The largest absolute Gasteiger partial charge is 0.490 e. The number of nitrogens with zero attached hydrogens (tertiary/aromatic N) is 3. The molecule has 1 amide bonds. The summed E-state index contributed by atoms with van der Waals surface area (Å²) in [4.78, 5) is 21.0. The van der Waals surface area contributed by atoms with E-state index >= 15 is 0 Å². The molecule has 3 rings (SSSR count). The maximum Gasteiger partial charge on any atom is 0.289 e. The molecule has 1 fully saturated rings. The van der Waals surface area contributed by atoms with Crippen molar-refractivity contribution < 1.29 is 13.9 Å². The van der Waals surface area contributed by atoms with Crippen molar-refractivity contribution in [1.82, 2.24) is 15.1 Å². The number of aliphatic imine (C=N–C) groups is 1. The summed E-state index contributed by atoms with van der Waals surface area (Å²) in [5.41, 5.74) is 0. The highest BCUT2D eigenvalue weighted by Crippen LogP contribution is 2.22. The highest BCUT2D eigenvalue weighted by atomic mass is 127. The number of piperazine rings is 1. The minimum Gasteiger partial charge on any atom is -0.490 e. The molecule has 1 aromatic heterocycles. The van der Waals surface area contributed by atoms with Gasteiger partial charge in [0, 0.05) is 32.7 Å². The third-order valence-electron chi connectivity index (χ3n) is 4.38. The summed E-state index contributed by atoms with van der Waals surface area (Å²) in [7, 11) is 0. The molecule has 0 saturated carbocycles. The lowest BCUT2D eigenvalue weighted by molar-refractivity contribution is 0.0657. The summed E-state index contributed by atoms with van der Waals surface area (Å²) in [5.74, 6) is 1.80. The Labute approximate surface area is 193 Å². The van der Waals surface area contributed by atoms with Gasteiger partial charge in [-0.2, -0.15) is 0 Å². The van der Waals surface area contributed by atoms with Gasteiger partial charge in [-0.15, -0.1) is 24.0 Å². The fraction of sp³-hybridized carbons (Fsp3) is 0.400. The third-order valence-corrected chi connectivity index (χ3v) is 4.69. The summed E-state index contributed by atoms with van der Waals surface area (Å²) in [5, 5.41) is 3.90. The molecule has 1 aliphatic heterocycles. The number of amides is 1. The van der Waals surface area contributed by atoms with Crippen molar-refractivity contribution in [2.24, 2.45) is 4.99 Å². The third kappa shape index (κ3) is 6.53. The number of hydrogen-bond donors (Lipinski definition) is 1. The average molecular weight is 533 g/mol. The predicted molar refractivity (Wildman–Crippen MR) is 125 cm³/mol. The molecule has 2 heterocycles. The molecule has 158 valence electrons. The quantitative estimate of drug-likeness (QED) is 0.267. The molecule has 0 bridgehead atoms. The Morgan fingerprint density at radius 1 is 1.17 bits per heavy atom. The van der Waals surface area contributed by atoms with E-state index in [0.717, 1.165) is 12.5 Å². The summed E-state index contributed by atoms with van der Waals surface area (Å²) < 4.78 is 10.9. The van der Waals surface area contributed by atoms with E-state index in [2.05, 4.69) is 15.2 Å². The number of rotatable bonds is 6. The van der Waals surface area contributed by atoms with Gasteiger partial charge in [-0.1, -0.05) is 23.7 Å². The Morgan fingerprint density at radius 3 is 2.55 bits per heavy atom. The van der Waals surface area contributed by atoms with Crippen LogP contribution in [0.1, 0.15) is 17.5 Å². The number of benzene rings is 1. The van der Waals surface area contributed by atoms with E-state index in [1.807, 2.05) is 25.1 Å². The first kappa shape index (κ1) is 23.3. The van der Waals surface area contributed by atoms with Crippen LogP contribution < -0.4 is 10.1 Å². The fourth-order valence-electron chi connectivity index (χ4n) is 2.97. The zero-order chi connectivity index (χ0) is 19.8. The van der Waals surface area contributed by atoms with Crippen LogP contribution in [0.25, 0.3) is 0 Å². The van der Waals surface area contributed by atoms with Gasteiger partial charge in [-0.25, -0.2) is 4.99 Å². The smallest absolute Gasteiger partial charge is 0.289 e. The molecule has 0 unspecified atom stereocenters. The molecule has 1 aliphatic rings. The van der Waals surface area contributed by atoms with E-state index in [4.69, 9.17) is 20.8 Å². The number of halogens is 2. The first-order valence-electron chi connectivity index (χ1n) is 9.42. The van der Waals surface area contributed by atoms with Crippen molar-refractivity contribution in [3.63, 3.8) is 0 Å². The minimum absolute atomic E-state index is 0. The Balaban J connectivity index is 0.00000300. The Morgan fingerprint density at radius 2 is 1.90 bits per heavy atom. The Hall–Kier alpha value is -1.94. The number of carbonyl (C=O) groups excluding carboxylic acids is 1. The topological polar surface area (TPSA) is 70.3 Å². The predicted octanol–water partition coefficient (Wildman–Crippen LogP) is 3.35. The second-order valence-corrected chi connectivity index (χ2v) is 6.68. The van der Waals surface area contributed by atoms with Gasteiger partial charge in [-0.3, -0.25) is 4.79 Å². The number of ether oxygens (including phenoxy) is 1. The molecule has 7 nitrogen and oxygen atoms in total. The van der Waals surface area contributed by atoms with Crippen molar-refractivity contribution in [3.8, 4) is 5.75 Å². The first-order valence-corrected chi connectivity index (χ1v) is 9.80. The van der Waals surface area contributed by atoms with Crippen molar-refractivity contribution in [3.05, 3.63) is 53.4 Å². The van der Waals surface area contributed by atoms with Crippen molar-refractivity contribution in [1.29, 1.82) is 0 Å². The number of nitrogens with one attached hydrogen (secondary N) is 1. The van der Waals surface area contributed by atoms with Crippen LogP contribution in [-0.4, -0.2) is 67.5 Å². The molecular weight excluding hydrogens is 507 g/mol. The lowest BCUT2D eigenvalue weighted by Gasteiger charge is -2.36. The maximum atomic E-state index is 12.4. The Bertz CT molecular complexity index is 793. The molecule has 9 heteroatoms. The lowest BCUT2D eigenvalue weighted by Crippen LogP contribution is -2.53. The van der Waals surface area contributed by atoms with Crippen LogP contribution in [0.4, 0.5) is 0 Å². The van der Waals surface area contributed by atoms with Gasteiger partial charge in [0.05, 0.1) is 17.8 Å². The molecule has 1 saturated heterocycles. The van der Waals surface area contributed by atoms with E-state index in [1.165, 1.54) is 6.26 Å². The molecule has 0 atom stereocenters. The summed E-state index contributed by atoms with van der Waals surface area (Å²) in [6.45, 7) is 6.43. The van der Waals surface area contributed by atoms with E-state index in [1.54, 1.807) is 23.1 Å². The SMILES string of the molecule is CCNC(=NCCOc1ccccc1Cl)N1CCN(C(=O)c2ccco2)CC1.I. The number of carbonyl (C=O) groups is 1. The van der Waals surface area contributed by atoms with Crippen molar-refractivity contribution >= 4 is 47.4 Å². The standard InChI is InChI=1S/C20H25ClN4O3.HI/c1-2-22-20(23-9-15-28-17-7-4-3-6-16(17)21)25-12-10-24(11-13-25)19(26)18-8-5-14-27-18;/h3-8,14H,2,9-13,15H2,1H3,(H,22,23);1H. The minimum atomic E-state index is -0.0697. The van der Waals surface area contributed by atoms with E-state index in [9.17, 15) is 4.79 Å². The molecule has 0 radical (unpaired) electrons. The molecule has 29 heavy (non-hydrogen) atoms. The van der Waals surface area contributed by atoms with Crippen LogP contribution in [0.5, 0.6) is 5.75 Å². The summed E-state index contributed by atoms with van der Waals surface area (Å²) in [6.07, 6.45) is 1.52. The molecule has 0 aliphatic carbocycles. The van der Waals surface area contributed by atoms with Crippen LogP contribution >= 0.6 is 35.6 Å². The van der Waals surface area contributed by atoms with Gasteiger partial charge in [0.1, 0.15) is 12.4 Å². The number of para-hydroxylation sites is 1. The normalized spacial score (nSPS) is 14.3. The summed E-state index contributed by atoms with van der Waals surface area (Å²) >= 11 is 6.09. The van der Waals surface area contributed by atoms with Gasteiger partial charge < -0.3 is 24.3 Å². The van der Waals surface area contributed by atoms with Gasteiger partial charge in [-0.05, 0) is 31.2 Å². The van der Waals surface area contributed by atoms with E-state index in [-0.39, 0.29) is 29.9 Å². The second-order valence-electron chi connectivity index (χ2n) is 6.27. The zero-order valence-electron chi connectivity index (χ0n) is 16.3.